The summed E-state index contributed by atoms with van der Waals surface area (Å²) in [5.41, 5.74) is 0. The predicted molar refractivity (Wildman–Crippen MR) is 204 cm³/mol. The topological polar surface area (TPSA) is 124 Å². The summed E-state index contributed by atoms with van der Waals surface area (Å²) in [5, 5.41) is 23.3. The first-order valence-corrected chi connectivity index (χ1v) is 21.4. The van der Waals surface area contributed by atoms with Crippen molar-refractivity contribution in [2.75, 3.05) is 5.75 Å². The average Bonchev–Trinajstić information content (AvgIpc) is 3.05. The molecule has 282 valence electrons. The van der Waals surface area contributed by atoms with E-state index in [9.17, 15) is 28.0 Å². The Morgan fingerprint density at radius 1 is 0.562 bits per heavy atom. The minimum Gasteiger partial charge on any atom is -0.387 e. The molecule has 0 saturated carbocycles. The molecule has 0 spiro atoms. The number of rotatable bonds is 35. The molecule has 0 bridgehead atoms. The lowest BCUT2D eigenvalue weighted by atomic mass is 10.0. The maximum absolute atomic E-state index is 12.6. The summed E-state index contributed by atoms with van der Waals surface area (Å²) in [6, 6.07) is -1.25. The van der Waals surface area contributed by atoms with Crippen molar-refractivity contribution in [2.24, 2.45) is 0 Å². The van der Waals surface area contributed by atoms with Crippen molar-refractivity contribution in [3.05, 3.63) is 36.5 Å². The van der Waals surface area contributed by atoms with Crippen molar-refractivity contribution in [3.63, 3.8) is 0 Å². The number of amides is 1. The number of hydrogen-bond acceptors (Lipinski definition) is 5. The molecule has 0 aliphatic heterocycles. The standard InChI is InChI=1S/C40H75NO6S/c1-3-5-7-9-11-13-15-17-19-20-21-23-24-26-28-30-32-34-38(42)37(36-48(45,46)47)41-40(44)39(43)35-33-31-29-27-25-22-18-16-14-12-10-8-6-4-2/h19-20,24,26,32,34,37-39,42-43H,3-18,21-23,25,27-31,33,35-36H2,1-2H3,(H,41,44)(H,45,46,47)/b20-19+,26-24+,34-32+. The molecule has 0 aromatic rings. The van der Waals surface area contributed by atoms with Crippen LogP contribution in [0.15, 0.2) is 36.5 Å². The Labute approximate surface area is 296 Å². The molecule has 0 aliphatic rings. The zero-order chi connectivity index (χ0) is 35.6. The first-order valence-electron chi connectivity index (χ1n) is 19.8. The van der Waals surface area contributed by atoms with E-state index in [1.54, 1.807) is 6.08 Å². The molecule has 3 unspecified atom stereocenters. The first-order chi connectivity index (χ1) is 23.2. The highest BCUT2D eigenvalue weighted by molar-refractivity contribution is 7.85. The minimum atomic E-state index is -4.45. The van der Waals surface area contributed by atoms with Crippen molar-refractivity contribution in [2.45, 2.75) is 205 Å². The van der Waals surface area contributed by atoms with Gasteiger partial charge < -0.3 is 15.5 Å². The number of hydrogen-bond donors (Lipinski definition) is 4. The zero-order valence-electron chi connectivity index (χ0n) is 31.0. The van der Waals surface area contributed by atoms with Gasteiger partial charge in [-0.15, -0.1) is 0 Å². The van der Waals surface area contributed by atoms with Gasteiger partial charge in [0, 0.05) is 0 Å². The van der Waals surface area contributed by atoms with E-state index in [1.165, 1.54) is 115 Å². The van der Waals surface area contributed by atoms with Gasteiger partial charge >= 0.3 is 0 Å². The summed E-state index contributed by atoms with van der Waals surface area (Å²) in [5.74, 6) is -1.56. The highest BCUT2D eigenvalue weighted by Gasteiger charge is 2.27. The molecule has 0 aromatic heterocycles. The summed E-state index contributed by atoms with van der Waals surface area (Å²) in [6.07, 6.45) is 40.5. The van der Waals surface area contributed by atoms with Gasteiger partial charge in [0.05, 0.1) is 17.9 Å². The Bertz CT molecular complexity index is 917. The molecular weight excluding hydrogens is 623 g/mol. The van der Waals surface area contributed by atoms with Crippen molar-refractivity contribution in [1.29, 1.82) is 0 Å². The molecule has 0 aliphatic carbocycles. The smallest absolute Gasteiger partial charge is 0.267 e. The van der Waals surface area contributed by atoms with Gasteiger partial charge in [-0.25, -0.2) is 0 Å². The van der Waals surface area contributed by atoms with Gasteiger partial charge in [-0.2, -0.15) is 8.42 Å². The fourth-order valence-electron chi connectivity index (χ4n) is 5.84. The summed E-state index contributed by atoms with van der Waals surface area (Å²) in [4.78, 5) is 12.6. The van der Waals surface area contributed by atoms with E-state index >= 15 is 0 Å². The van der Waals surface area contributed by atoms with E-state index in [2.05, 4.69) is 43.5 Å². The second-order valence-electron chi connectivity index (χ2n) is 13.7. The number of aliphatic hydroxyl groups is 2. The second-order valence-corrected chi connectivity index (χ2v) is 15.2. The van der Waals surface area contributed by atoms with Crippen molar-refractivity contribution in [3.8, 4) is 0 Å². The van der Waals surface area contributed by atoms with Crippen molar-refractivity contribution < 1.29 is 28.0 Å². The largest absolute Gasteiger partial charge is 0.387 e. The molecule has 4 N–H and O–H groups in total. The molecule has 48 heavy (non-hydrogen) atoms. The Morgan fingerprint density at radius 3 is 1.38 bits per heavy atom. The van der Waals surface area contributed by atoms with Crippen LogP contribution in [0.2, 0.25) is 0 Å². The number of allylic oxidation sites excluding steroid dienone is 5. The van der Waals surface area contributed by atoms with Gasteiger partial charge in [0.1, 0.15) is 6.10 Å². The molecule has 3 atom stereocenters. The SMILES string of the molecule is CCCCCCCCC/C=C/CC/C=C/CC/C=C/C(O)C(CS(=O)(=O)O)NC(=O)C(O)CCCCCCCCCCCCCCCC. The number of carbonyl (C=O) groups excluding carboxylic acids is 1. The normalized spacial score (nSPS) is 14.4. The maximum Gasteiger partial charge on any atom is 0.267 e. The maximum atomic E-state index is 12.6. The first kappa shape index (κ1) is 46.5. The zero-order valence-corrected chi connectivity index (χ0v) is 31.8. The lowest BCUT2D eigenvalue weighted by molar-refractivity contribution is -0.130. The summed E-state index contributed by atoms with van der Waals surface area (Å²) < 4.78 is 32.4. The van der Waals surface area contributed by atoms with Crippen molar-refractivity contribution >= 4 is 16.0 Å². The average molecular weight is 698 g/mol. The van der Waals surface area contributed by atoms with Gasteiger partial charge in [0.15, 0.2) is 0 Å². The Kier molecular flexibility index (Phi) is 32.9. The molecule has 0 radical (unpaired) electrons. The van der Waals surface area contributed by atoms with Crippen LogP contribution in [-0.4, -0.2) is 53.1 Å². The number of carbonyl (C=O) groups is 1. The molecule has 0 fully saturated rings. The van der Waals surface area contributed by atoms with E-state index in [0.29, 0.717) is 12.8 Å². The van der Waals surface area contributed by atoms with Gasteiger partial charge in [-0.05, 0) is 44.9 Å². The molecule has 8 heteroatoms. The van der Waals surface area contributed by atoms with Gasteiger partial charge in [0.2, 0.25) is 5.91 Å². The molecule has 0 heterocycles. The predicted octanol–water partition coefficient (Wildman–Crippen LogP) is 10.3. The van der Waals surface area contributed by atoms with E-state index in [-0.39, 0.29) is 6.42 Å². The quantitative estimate of drug-likeness (QED) is 0.0297. The molecule has 0 aromatic carbocycles. The van der Waals surface area contributed by atoms with Gasteiger partial charge in [-0.3, -0.25) is 9.35 Å². The van der Waals surface area contributed by atoms with Gasteiger partial charge in [-0.1, -0.05) is 179 Å². The van der Waals surface area contributed by atoms with E-state index < -0.39 is 40.0 Å². The van der Waals surface area contributed by atoms with Crippen LogP contribution in [0.5, 0.6) is 0 Å². The summed E-state index contributed by atoms with van der Waals surface area (Å²) >= 11 is 0. The Balaban J connectivity index is 4.15. The molecule has 0 saturated heterocycles. The van der Waals surface area contributed by atoms with E-state index in [0.717, 1.165) is 44.9 Å². The lowest BCUT2D eigenvalue weighted by Crippen LogP contribution is -2.50. The third kappa shape index (κ3) is 33.0. The third-order valence-electron chi connectivity index (χ3n) is 8.90. The molecule has 1 amide bonds. The lowest BCUT2D eigenvalue weighted by Gasteiger charge is -2.22. The van der Waals surface area contributed by atoms with Crippen LogP contribution in [0.25, 0.3) is 0 Å². The van der Waals surface area contributed by atoms with Crippen LogP contribution in [0.3, 0.4) is 0 Å². The van der Waals surface area contributed by atoms with E-state index in [1.807, 2.05) is 0 Å². The van der Waals surface area contributed by atoms with Crippen LogP contribution in [0.4, 0.5) is 0 Å². The minimum absolute atomic E-state index is 0.274. The monoisotopic (exact) mass is 698 g/mol. The van der Waals surface area contributed by atoms with Crippen LogP contribution in [0.1, 0.15) is 187 Å². The highest BCUT2D eigenvalue weighted by Crippen LogP contribution is 2.14. The third-order valence-corrected chi connectivity index (χ3v) is 9.69. The molecule has 7 nitrogen and oxygen atoms in total. The number of nitrogens with one attached hydrogen (secondary N) is 1. The highest BCUT2D eigenvalue weighted by atomic mass is 32.2. The number of unbranched alkanes of at least 4 members (excludes halogenated alkanes) is 22. The summed E-state index contributed by atoms with van der Waals surface area (Å²) in [6.45, 7) is 4.49. The Morgan fingerprint density at radius 2 is 0.938 bits per heavy atom. The fourth-order valence-corrected chi connectivity index (χ4v) is 6.57. The number of aliphatic hydroxyl groups excluding tert-OH is 2. The Hall–Kier alpha value is -1.48. The van der Waals surface area contributed by atoms with E-state index in [4.69, 9.17) is 0 Å². The van der Waals surface area contributed by atoms with Gasteiger partial charge in [0.25, 0.3) is 10.1 Å². The van der Waals surface area contributed by atoms with Crippen LogP contribution < -0.4 is 5.32 Å². The summed E-state index contributed by atoms with van der Waals surface area (Å²) in [7, 11) is -4.45. The molecular formula is C40H75NO6S. The van der Waals surface area contributed by atoms with Crippen LogP contribution >= 0.6 is 0 Å². The van der Waals surface area contributed by atoms with Crippen LogP contribution in [-0.2, 0) is 14.9 Å². The van der Waals surface area contributed by atoms with Crippen LogP contribution in [0, 0.1) is 0 Å². The second kappa shape index (κ2) is 34.0. The molecule has 0 rings (SSSR count). The van der Waals surface area contributed by atoms with Crippen molar-refractivity contribution in [1.82, 2.24) is 5.32 Å². The fraction of sp³-hybridized carbons (Fsp3) is 0.825.